The van der Waals surface area contributed by atoms with Gasteiger partial charge in [0.2, 0.25) is 11.8 Å². The van der Waals surface area contributed by atoms with Gasteiger partial charge in [-0.1, -0.05) is 20.8 Å². The van der Waals surface area contributed by atoms with Crippen LogP contribution in [0, 0.1) is 17.6 Å². The molecule has 332 valence electrons. The zero-order valence-corrected chi connectivity index (χ0v) is 36.2. The van der Waals surface area contributed by atoms with Gasteiger partial charge in [-0.15, -0.1) is 0 Å². The monoisotopic (exact) mass is 855 g/mol. The van der Waals surface area contributed by atoms with E-state index in [0.29, 0.717) is 27.7 Å². The summed E-state index contributed by atoms with van der Waals surface area (Å²) in [6.45, 7) is 15.0. The molecule has 13 nitrogen and oxygen atoms in total. The molecule has 0 bridgehead atoms. The zero-order chi connectivity index (χ0) is 44.7. The Kier molecular flexibility index (Phi) is 13.0. The number of benzene rings is 2. The van der Waals surface area contributed by atoms with E-state index in [-0.39, 0.29) is 62.6 Å². The quantitative estimate of drug-likeness (QED) is 0.131. The Hall–Kier alpha value is -5.35. The van der Waals surface area contributed by atoms with Crippen LogP contribution >= 0.6 is 0 Å². The van der Waals surface area contributed by atoms with Crippen LogP contribution in [0.15, 0.2) is 36.4 Å². The number of hydrogen-bond acceptors (Lipinski definition) is 7. The number of carbonyl (C=O) groups excluding carboxylic acids is 4. The second-order valence-corrected chi connectivity index (χ2v) is 18.5. The van der Waals surface area contributed by atoms with Crippen LogP contribution in [-0.2, 0) is 32.0 Å². The van der Waals surface area contributed by atoms with Crippen LogP contribution in [0.3, 0.4) is 0 Å². The van der Waals surface area contributed by atoms with Crippen molar-refractivity contribution in [2.45, 2.75) is 142 Å². The number of alkyl carbamates (subject to hydrolysis) is 2. The summed E-state index contributed by atoms with van der Waals surface area (Å²) < 4.78 is 73.0. The number of aromatic amines is 1. The van der Waals surface area contributed by atoms with Gasteiger partial charge >= 0.3 is 12.2 Å². The summed E-state index contributed by atoms with van der Waals surface area (Å²) in [7, 11) is 0. The van der Waals surface area contributed by atoms with Gasteiger partial charge in [-0.25, -0.2) is 32.1 Å². The number of alkyl halides is 2. The van der Waals surface area contributed by atoms with E-state index < -0.39 is 83.3 Å². The Balaban J connectivity index is 1.39. The molecule has 0 radical (unpaired) electrons. The molecular formula is C44H57F4N7O6. The molecule has 2 aliphatic rings. The van der Waals surface area contributed by atoms with Crippen molar-refractivity contribution < 1.29 is 46.2 Å². The van der Waals surface area contributed by atoms with E-state index in [2.05, 4.69) is 15.6 Å². The molecule has 6 atom stereocenters. The number of fused-ring (bicyclic) bond motifs is 2. The molecule has 2 aliphatic heterocycles. The molecule has 0 spiro atoms. The summed E-state index contributed by atoms with van der Waals surface area (Å²) >= 11 is 0. The van der Waals surface area contributed by atoms with E-state index in [1.807, 2.05) is 0 Å². The van der Waals surface area contributed by atoms with Gasteiger partial charge < -0.3 is 39.5 Å². The van der Waals surface area contributed by atoms with Crippen molar-refractivity contribution in [2.24, 2.45) is 5.92 Å². The number of nitrogens with zero attached hydrogens (tertiary/aromatic N) is 4. The highest BCUT2D eigenvalue weighted by Crippen LogP contribution is 2.37. The van der Waals surface area contributed by atoms with Gasteiger partial charge in [0.15, 0.2) is 5.82 Å². The first-order valence-electron chi connectivity index (χ1n) is 20.9. The zero-order valence-electron chi connectivity index (χ0n) is 36.2. The molecule has 4 heterocycles. The van der Waals surface area contributed by atoms with Gasteiger partial charge in [0, 0.05) is 42.4 Å². The van der Waals surface area contributed by atoms with Gasteiger partial charge in [-0.05, 0) is 96.2 Å². The van der Waals surface area contributed by atoms with Crippen LogP contribution in [0.25, 0.3) is 33.5 Å². The molecule has 2 saturated heterocycles. The molecule has 0 saturated carbocycles. The summed E-state index contributed by atoms with van der Waals surface area (Å²) in [5.74, 6) is -2.19. The van der Waals surface area contributed by atoms with Crippen molar-refractivity contribution in [3.05, 3.63) is 53.6 Å². The summed E-state index contributed by atoms with van der Waals surface area (Å²) in [6, 6.07) is 4.75. The summed E-state index contributed by atoms with van der Waals surface area (Å²) in [6.07, 6.45) is -4.09. The number of likely N-dealkylation sites (tertiary alicyclic amines) is 2. The van der Waals surface area contributed by atoms with Crippen LogP contribution in [0.2, 0.25) is 0 Å². The van der Waals surface area contributed by atoms with Crippen molar-refractivity contribution in [2.75, 3.05) is 13.1 Å². The van der Waals surface area contributed by atoms with E-state index in [0.717, 1.165) is 0 Å². The maximum atomic E-state index is 15.5. The Labute approximate surface area is 352 Å². The fourth-order valence-corrected chi connectivity index (χ4v) is 8.30. The number of hydrogen-bond donors (Lipinski definition) is 3. The van der Waals surface area contributed by atoms with Crippen molar-refractivity contribution >= 4 is 45.9 Å². The molecule has 3 N–H and O–H groups in total. The van der Waals surface area contributed by atoms with Gasteiger partial charge in [0.1, 0.15) is 47.3 Å². The molecule has 2 aromatic carbocycles. The highest BCUT2D eigenvalue weighted by molar-refractivity contribution is 5.92. The largest absolute Gasteiger partial charge is 0.444 e. The maximum Gasteiger partial charge on any atom is 0.408 e. The molecule has 6 rings (SSSR count). The Morgan fingerprint density at radius 2 is 1.41 bits per heavy atom. The minimum absolute atomic E-state index is 0.000840. The summed E-state index contributed by atoms with van der Waals surface area (Å²) in [5, 5.41) is 5.87. The first kappa shape index (κ1) is 45.2. The van der Waals surface area contributed by atoms with E-state index >= 15 is 8.78 Å². The number of amides is 4. The van der Waals surface area contributed by atoms with Gasteiger partial charge in [0.05, 0.1) is 35.9 Å². The SMILES string of the molecule is CC[C@H](NC(=O)OC(C)(C)C)C(=O)N1C[C@@H](F)C[C@H]1Cc1c(-c2nc3cc(F)ccc3n2C[C@@H]2C[C@H](F)CN2C(=O)[C@@H](NC(=O)OC(C)(C)C)C(C)C)[nH]c2cc(F)ccc12. The number of carbonyl (C=O) groups is 4. The van der Waals surface area contributed by atoms with E-state index in [4.69, 9.17) is 14.5 Å². The molecule has 17 heteroatoms. The molecule has 0 aliphatic carbocycles. The van der Waals surface area contributed by atoms with E-state index in [1.165, 1.54) is 40.1 Å². The van der Waals surface area contributed by atoms with Gasteiger partial charge in [0.25, 0.3) is 0 Å². The number of halogens is 4. The third kappa shape index (κ3) is 10.4. The minimum atomic E-state index is -1.39. The van der Waals surface area contributed by atoms with Crippen LogP contribution < -0.4 is 10.6 Å². The highest BCUT2D eigenvalue weighted by atomic mass is 19.1. The second kappa shape index (κ2) is 17.6. The lowest BCUT2D eigenvalue weighted by Gasteiger charge is -2.32. The molecule has 2 fully saturated rings. The van der Waals surface area contributed by atoms with Crippen LogP contribution in [0.1, 0.15) is 87.1 Å². The van der Waals surface area contributed by atoms with Gasteiger partial charge in [-0.2, -0.15) is 0 Å². The lowest BCUT2D eigenvalue weighted by Crippen LogP contribution is -2.53. The standard InChI is InChI=1S/C44H57F4N7O6/c1-10-32(51-41(58)60-43(4,5)6)39(56)53-20-26(47)15-28(53)19-31-30-13-11-24(45)17-33(30)49-37(31)38-50-34-18-25(46)12-14-35(34)55(38)22-29-16-27(48)21-54(29)40(57)36(23(2)3)52-42(59)61-44(7,8)9/h11-14,17-18,23,26-29,32,36,49H,10,15-16,19-22H2,1-9H3,(H,51,58)(H,52,59)/t26-,27-,28-,29-,32-,36-/m0/s1. The highest BCUT2D eigenvalue weighted by Gasteiger charge is 2.42. The molecule has 61 heavy (non-hydrogen) atoms. The van der Waals surface area contributed by atoms with Crippen molar-refractivity contribution in [1.29, 1.82) is 0 Å². The molecular weight excluding hydrogens is 799 g/mol. The van der Waals surface area contributed by atoms with Gasteiger partial charge in [-0.3, -0.25) is 9.59 Å². The number of rotatable bonds is 11. The van der Waals surface area contributed by atoms with E-state index in [9.17, 15) is 28.0 Å². The topological polar surface area (TPSA) is 151 Å². The van der Waals surface area contributed by atoms with E-state index in [1.54, 1.807) is 72.9 Å². The Bertz CT molecular complexity index is 2280. The number of imidazole rings is 1. The lowest BCUT2D eigenvalue weighted by molar-refractivity contribution is -0.136. The number of aromatic nitrogens is 3. The fraction of sp³-hybridized carbons (Fsp3) is 0.568. The second-order valence-electron chi connectivity index (χ2n) is 18.5. The molecule has 0 unspecified atom stereocenters. The van der Waals surface area contributed by atoms with Crippen LogP contribution in [-0.4, -0.2) is 109 Å². The number of ether oxygens (including phenoxy) is 2. The smallest absolute Gasteiger partial charge is 0.408 e. The molecule has 4 aromatic rings. The summed E-state index contributed by atoms with van der Waals surface area (Å²) in [4.78, 5) is 64.7. The normalized spacial score (nSPS) is 20.7. The van der Waals surface area contributed by atoms with Crippen LogP contribution in [0.5, 0.6) is 0 Å². The third-order valence-electron chi connectivity index (χ3n) is 10.9. The first-order valence-corrected chi connectivity index (χ1v) is 20.9. The third-order valence-corrected chi connectivity index (χ3v) is 10.9. The Morgan fingerprint density at radius 3 is 2.02 bits per heavy atom. The number of nitrogens with one attached hydrogen (secondary N) is 3. The fourth-order valence-electron chi connectivity index (χ4n) is 8.30. The average molecular weight is 856 g/mol. The van der Waals surface area contributed by atoms with Crippen molar-refractivity contribution in [3.8, 4) is 11.5 Å². The van der Waals surface area contributed by atoms with Crippen molar-refractivity contribution in [1.82, 2.24) is 35.0 Å². The van der Waals surface area contributed by atoms with Crippen molar-refractivity contribution in [3.63, 3.8) is 0 Å². The summed E-state index contributed by atoms with van der Waals surface area (Å²) in [5.41, 5.74) is 0.422. The predicted octanol–water partition coefficient (Wildman–Crippen LogP) is 7.74. The number of H-pyrrole nitrogens is 1. The predicted molar refractivity (Wildman–Crippen MR) is 222 cm³/mol. The molecule has 2 aromatic heterocycles. The Morgan fingerprint density at radius 1 is 0.836 bits per heavy atom. The first-order chi connectivity index (χ1) is 28.5. The average Bonchev–Trinajstić information content (AvgIpc) is 3.90. The lowest BCUT2D eigenvalue weighted by atomic mass is 9.99. The minimum Gasteiger partial charge on any atom is -0.444 e. The maximum absolute atomic E-state index is 15.5. The van der Waals surface area contributed by atoms with Crippen LogP contribution in [0.4, 0.5) is 27.2 Å². The molecule has 4 amide bonds.